The van der Waals surface area contributed by atoms with E-state index in [0.717, 1.165) is 22.8 Å². The van der Waals surface area contributed by atoms with Gasteiger partial charge in [0.05, 0.1) is 0 Å². The number of aryl methyl sites for hydroxylation is 1. The number of hydrogen-bond acceptors (Lipinski definition) is 3. The van der Waals surface area contributed by atoms with Crippen LogP contribution in [-0.2, 0) is 6.42 Å². The molecular weight excluding hydrogens is 408 g/mol. The molecule has 0 aliphatic heterocycles. The van der Waals surface area contributed by atoms with Crippen LogP contribution in [0.5, 0.6) is 0 Å². The van der Waals surface area contributed by atoms with Crippen LogP contribution in [0.15, 0.2) is 83.3 Å². The molecule has 1 N–H and O–H groups in total. The SMILES string of the molecule is CCc1ccc(C(=O)Nc2ccc3oc(-c4cccc5c(Cl)cccc45)nc3c2)cc1. The van der Waals surface area contributed by atoms with E-state index in [1.807, 2.05) is 78.9 Å². The maximum Gasteiger partial charge on any atom is 0.255 e. The highest BCUT2D eigenvalue weighted by atomic mass is 35.5. The van der Waals surface area contributed by atoms with Gasteiger partial charge in [0.2, 0.25) is 5.89 Å². The van der Waals surface area contributed by atoms with Crippen molar-refractivity contribution in [3.63, 3.8) is 0 Å². The van der Waals surface area contributed by atoms with Gasteiger partial charge in [0.15, 0.2) is 5.58 Å². The Morgan fingerprint density at radius 1 is 0.968 bits per heavy atom. The Kier molecular flexibility index (Phi) is 4.92. The molecular formula is C26H19ClN2O2. The molecule has 1 aromatic heterocycles. The molecule has 1 heterocycles. The Morgan fingerprint density at radius 2 is 1.74 bits per heavy atom. The minimum absolute atomic E-state index is 0.158. The lowest BCUT2D eigenvalue weighted by Gasteiger charge is -2.05. The fraction of sp³-hybridized carbons (Fsp3) is 0.0769. The van der Waals surface area contributed by atoms with Gasteiger partial charge in [0.1, 0.15) is 5.52 Å². The van der Waals surface area contributed by atoms with Crippen molar-refractivity contribution in [1.29, 1.82) is 0 Å². The monoisotopic (exact) mass is 426 g/mol. The van der Waals surface area contributed by atoms with E-state index in [4.69, 9.17) is 16.0 Å². The maximum absolute atomic E-state index is 12.6. The van der Waals surface area contributed by atoms with Gasteiger partial charge in [-0.3, -0.25) is 4.79 Å². The molecule has 0 unspecified atom stereocenters. The molecule has 0 aliphatic carbocycles. The number of anilines is 1. The molecule has 0 atom stereocenters. The highest BCUT2D eigenvalue weighted by molar-refractivity contribution is 6.35. The van der Waals surface area contributed by atoms with Gasteiger partial charge in [-0.15, -0.1) is 0 Å². The number of carbonyl (C=O) groups excluding carboxylic acids is 1. The topological polar surface area (TPSA) is 55.1 Å². The van der Waals surface area contributed by atoms with Crippen LogP contribution in [0.3, 0.4) is 0 Å². The van der Waals surface area contributed by atoms with E-state index in [9.17, 15) is 4.79 Å². The van der Waals surface area contributed by atoms with Gasteiger partial charge in [-0.05, 0) is 59.8 Å². The average molecular weight is 427 g/mol. The molecule has 4 nitrogen and oxygen atoms in total. The number of carbonyl (C=O) groups is 1. The van der Waals surface area contributed by atoms with Crippen molar-refractivity contribution in [3.05, 3.63) is 95.0 Å². The smallest absolute Gasteiger partial charge is 0.255 e. The maximum atomic E-state index is 12.6. The van der Waals surface area contributed by atoms with E-state index in [2.05, 4.69) is 17.2 Å². The Morgan fingerprint density at radius 3 is 2.55 bits per heavy atom. The zero-order valence-corrected chi connectivity index (χ0v) is 17.6. The third-order valence-electron chi connectivity index (χ3n) is 5.37. The third kappa shape index (κ3) is 3.66. The third-order valence-corrected chi connectivity index (χ3v) is 5.70. The minimum Gasteiger partial charge on any atom is -0.436 e. The predicted molar refractivity (Wildman–Crippen MR) is 126 cm³/mol. The number of benzene rings is 4. The summed E-state index contributed by atoms with van der Waals surface area (Å²) in [7, 11) is 0. The first-order valence-corrected chi connectivity index (χ1v) is 10.5. The number of halogens is 1. The van der Waals surface area contributed by atoms with Crippen molar-refractivity contribution in [1.82, 2.24) is 4.98 Å². The van der Waals surface area contributed by atoms with Crippen LogP contribution in [0.4, 0.5) is 5.69 Å². The van der Waals surface area contributed by atoms with Crippen LogP contribution in [-0.4, -0.2) is 10.9 Å². The lowest BCUT2D eigenvalue weighted by molar-refractivity contribution is 0.102. The lowest BCUT2D eigenvalue weighted by atomic mass is 10.0. The first-order valence-electron chi connectivity index (χ1n) is 10.1. The van der Waals surface area contributed by atoms with Gasteiger partial charge in [0.25, 0.3) is 5.91 Å². The summed E-state index contributed by atoms with van der Waals surface area (Å²) < 4.78 is 6.01. The summed E-state index contributed by atoms with van der Waals surface area (Å²) in [5, 5.41) is 5.55. The predicted octanol–water partition coefficient (Wildman–Crippen LogP) is 7.12. The van der Waals surface area contributed by atoms with E-state index >= 15 is 0 Å². The summed E-state index contributed by atoms with van der Waals surface area (Å²) in [6.45, 7) is 2.09. The van der Waals surface area contributed by atoms with Crippen molar-refractivity contribution >= 4 is 45.1 Å². The Balaban J connectivity index is 1.47. The second kappa shape index (κ2) is 7.89. The molecule has 5 aromatic rings. The molecule has 0 fully saturated rings. The summed E-state index contributed by atoms with van der Waals surface area (Å²) >= 11 is 6.34. The zero-order valence-electron chi connectivity index (χ0n) is 16.9. The van der Waals surface area contributed by atoms with Crippen LogP contribution in [0.2, 0.25) is 5.02 Å². The fourth-order valence-corrected chi connectivity index (χ4v) is 3.91. The van der Waals surface area contributed by atoms with Crippen LogP contribution >= 0.6 is 11.6 Å². The highest BCUT2D eigenvalue weighted by Crippen LogP contribution is 2.34. The summed E-state index contributed by atoms with van der Waals surface area (Å²) in [5.41, 5.74) is 4.68. The standard InChI is InChI=1S/C26H19ClN2O2/c1-2-16-9-11-17(12-10-16)25(30)28-18-13-14-24-23(15-18)29-26(31-24)21-7-3-6-20-19(21)5-4-8-22(20)27/h3-15H,2H2,1H3,(H,28,30). The van der Waals surface area contributed by atoms with Gasteiger partial charge >= 0.3 is 0 Å². The van der Waals surface area contributed by atoms with Crippen molar-refractivity contribution in [2.45, 2.75) is 13.3 Å². The van der Waals surface area contributed by atoms with Gasteiger partial charge in [-0.25, -0.2) is 4.98 Å². The number of fused-ring (bicyclic) bond motifs is 2. The molecule has 4 aromatic carbocycles. The normalized spacial score (nSPS) is 11.2. The molecule has 0 aliphatic rings. The summed E-state index contributed by atoms with van der Waals surface area (Å²) in [6, 6.07) is 24.7. The first kappa shape index (κ1) is 19.3. The molecule has 0 saturated carbocycles. The number of oxazole rings is 1. The van der Waals surface area contributed by atoms with E-state index in [0.29, 0.717) is 33.3 Å². The molecule has 31 heavy (non-hydrogen) atoms. The van der Waals surface area contributed by atoms with E-state index in [-0.39, 0.29) is 5.91 Å². The summed E-state index contributed by atoms with van der Waals surface area (Å²) in [6.07, 6.45) is 0.940. The van der Waals surface area contributed by atoms with E-state index in [1.54, 1.807) is 0 Å². The molecule has 0 spiro atoms. The number of aromatic nitrogens is 1. The van der Waals surface area contributed by atoms with Crippen LogP contribution < -0.4 is 5.32 Å². The van der Waals surface area contributed by atoms with Crippen LogP contribution in [0.1, 0.15) is 22.8 Å². The molecule has 0 radical (unpaired) electrons. The van der Waals surface area contributed by atoms with E-state index < -0.39 is 0 Å². The molecule has 1 amide bonds. The highest BCUT2D eigenvalue weighted by Gasteiger charge is 2.14. The number of amides is 1. The van der Waals surface area contributed by atoms with Crippen LogP contribution in [0, 0.1) is 0 Å². The zero-order chi connectivity index (χ0) is 21.4. The number of nitrogens with one attached hydrogen (secondary N) is 1. The quantitative estimate of drug-likeness (QED) is 0.333. The molecule has 0 saturated heterocycles. The Labute approximate surface area is 184 Å². The van der Waals surface area contributed by atoms with Crippen molar-refractivity contribution in [2.24, 2.45) is 0 Å². The molecule has 5 rings (SSSR count). The van der Waals surface area contributed by atoms with Gasteiger partial charge in [0, 0.05) is 27.2 Å². The van der Waals surface area contributed by atoms with Gasteiger partial charge < -0.3 is 9.73 Å². The molecule has 5 heteroatoms. The average Bonchev–Trinajstić information content (AvgIpc) is 3.22. The number of rotatable bonds is 4. The minimum atomic E-state index is -0.158. The molecule has 0 bridgehead atoms. The van der Waals surface area contributed by atoms with Gasteiger partial charge in [-0.1, -0.05) is 54.9 Å². The summed E-state index contributed by atoms with van der Waals surface area (Å²) in [5.74, 6) is 0.357. The number of nitrogens with zero attached hydrogens (tertiary/aromatic N) is 1. The largest absolute Gasteiger partial charge is 0.436 e. The van der Waals surface area contributed by atoms with Crippen molar-refractivity contribution < 1.29 is 9.21 Å². The van der Waals surface area contributed by atoms with Crippen molar-refractivity contribution in [2.75, 3.05) is 5.32 Å². The number of hydrogen-bond donors (Lipinski definition) is 1. The molecule has 152 valence electrons. The Hall–Kier alpha value is -3.63. The fourth-order valence-electron chi connectivity index (χ4n) is 3.67. The van der Waals surface area contributed by atoms with E-state index in [1.165, 1.54) is 5.56 Å². The Bertz CT molecular complexity index is 1420. The van der Waals surface area contributed by atoms with Crippen molar-refractivity contribution in [3.8, 4) is 11.5 Å². The second-order valence-electron chi connectivity index (χ2n) is 7.35. The van der Waals surface area contributed by atoms with Crippen LogP contribution in [0.25, 0.3) is 33.3 Å². The summed E-state index contributed by atoms with van der Waals surface area (Å²) in [4.78, 5) is 17.3. The lowest BCUT2D eigenvalue weighted by Crippen LogP contribution is -2.11. The second-order valence-corrected chi connectivity index (χ2v) is 7.75. The van der Waals surface area contributed by atoms with Gasteiger partial charge in [-0.2, -0.15) is 0 Å². The first-order chi connectivity index (χ1) is 15.1.